The van der Waals surface area contributed by atoms with E-state index in [1.807, 2.05) is 11.8 Å². The van der Waals surface area contributed by atoms with Gasteiger partial charge in [-0.25, -0.2) is 0 Å². The normalized spacial score (nSPS) is 16.0. The third-order valence-electron chi connectivity index (χ3n) is 9.12. The van der Waals surface area contributed by atoms with Crippen molar-refractivity contribution >= 4 is 51.9 Å². The van der Waals surface area contributed by atoms with Crippen molar-refractivity contribution in [1.82, 2.24) is 0 Å². The molecule has 3 heterocycles. The summed E-state index contributed by atoms with van der Waals surface area (Å²) < 4.78 is 13.5. The predicted octanol–water partition coefficient (Wildman–Crippen LogP) is 6.55. The van der Waals surface area contributed by atoms with Gasteiger partial charge in [0.1, 0.15) is 23.0 Å². The maximum atomic E-state index is 6.77. The van der Waals surface area contributed by atoms with Crippen LogP contribution in [0.2, 0.25) is 0 Å². The molecule has 2 aliphatic carbocycles. The summed E-state index contributed by atoms with van der Waals surface area (Å²) in [5.41, 5.74) is 12.9. The van der Waals surface area contributed by atoms with Crippen LogP contribution in [0.5, 0.6) is 23.0 Å². The number of rotatable bonds is 1. The molecule has 184 valence electrons. The van der Waals surface area contributed by atoms with E-state index in [0.29, 0.717) is 0 Å². The van der Waals surface area contributed by atoms with E-state index in [4.69, 9.17) is 9.47 Å². The van der Waals surface area contributed by atoms with E-state index in [2.05, 4.69) is 89.8 Å². The summed E-state index contributed by atoms with van der Waals surface area (Å²) in [7, 11) is 0. The summed E-state index contributed by atoms with van der Waals surface area (Å²) in [6.45, 7) is 0.129. The fourth-order valence-electron chi connectivity index (χ4n) is 6.98. The van der Waals surface area contributed by atoms with Gasteiger partial charge in [0.2, 0.25) is 0 Å². The van der Waals surface area contributed by atoms with Crippen LogP contribution in [0.4, 0.5) is 17.1 Å². The average Bonchev–Trinajstić information content (AvgIpc) is 2.93. The van der Waals surface area contributed by atoms with Crippen molar-refractivity contribution in [2.45, 2.75) is 35.5 Å². The largest absolute Gasteiger partial charge is 0.458 e. The van der Waals surface area contributed by atoms with Crippen LogP contribution in [0.25, 0.3) is 0 Å². The molecule has 0 aromatic heterocycles. The Morgan fingerprint density at radius 2 is 1.05 bits per heavy atom. The third-order valence-corrected chi connectivity index (χ3v) is 10.3. The molecule has 0 atom stereocenters. The molecular weight excluding hydrogens is 497 g/mol. The monoisotopic (exact) mass is 519 g/mol. The molecule has 0 amide bonds. The van der Waals surface area contributed by atoms with E-state index in [1.54, 1.807) is 0 Å². The van der Waals surface area contributed by atoms with Gasteiger partial charge in [-0.1, -0.05) is 48.2 Å². The Morgan fingerprint density at radius 1 is 0.564 bits per heavy atom. The van der Waals surface area contributed by atoms with Gasteiger partial charge in [-0.05, 0) is 95.3 Å². The molecule has 5 aliphatic rings. The minimum atomic E-state index is 0.129. The summed E-state index contributed by atoms with van der Waals surface area (Å²) in [6, 6.07) is 31.1. The van der Waals surface area contributed by atoms with Gasteiger partial charge in [0.15, 0.2) is 0 Å². The molecule has 5 aromatic carbocycles. The number of nitrogens with zero attached hydrogens (tertiary/aromatic N) is 1. The second-order valence-electron chi connectivity index (χ2n) is 11.2. The SMILES string of the molecule is c1ccc2c(c1)Sc1ccccc1N2c1cc2c3c(c1)Oc1cc4c(cc1B3c1cc3c(cc1O2)CC3)CC4. The van der Waals surface area contributed by atoms with E-state index in [1.165, 1.54) is 54.3 Å². The van der Waals surface area contributed by atoms with Crippen molar-refractivity contribution in [3.8, 4) is 23.0 Å². The van der Waals surface area contributed by atoms with Crippen molar-refractivity contribution in [2.75, 3.05) is 4.90 Å². The number of anilines is 3. The van der Waals surface area contributed by atoms with Gasteiger partial charge < -0.3 is 14.4 Å². The second-order valence-corrected chi connectivity index (χ2v) is 12.3. The maximum Gasteiger partial charge on any atom is 0.260 e. The molecule has 0 N–H and O–H groups in total. The summed E-state index contributed by atoms with van der Waals surface area (Å²) >= 11 is 1.83. The number of benzene rings is 5. The quantitative estimate of drug-likeness (QED) is 0.230. The molecule has 0 radical (unpaired) electrons. The molecule has 0 bridgehead atoms. The standard InChI is InChI=1S/C34H22BNO2S/c1-3-7-32-26(5-1)36(27-6-2-4-8-33(27)39-32)23-17-30-34-31(18-23)38-29-16-22-12-10-20(22)14-25(29)35(34)24-13-19-9-11-21(19)15-28(24)37-30/h1-8,13-18H,9-12H2. The number of para-hydroxylation sites is 2. The highest BCUT2D eigenvalue weighted by Gasteiger charge is 2.42. The highest BCUT2D eigenvalue weighted by molar-refractivity contribution is 7.99. The molecule has 10 rings (SSSR count). The fraction of sp³-hybridized carbons (Fsp3) is 0.118. The predicted molar refractivity (Wildman–Crippen MR) is 158 cm³/mol. The first kappa shape index (κ1) is 20.8. The first-order valence-electron chi connectivity index (χ1n) is 13.8. The van der Waals surface area contributed by atoms with Crippen LogP contribution in [0.3, 0.4) is 0 Å². The molecule has 0 fully saturated rings. The average molecular weight is 519 g/mol. The molecule has 0 saturated heterocycles. The van der Waals surface area contributed by atoms with Gasteiger partial charge in [-0.3, -0.25) is 0 Å². The van der Waals surface area contributed by atoms with E-state index >= 15 is 0 Å². The Balaban J connectivity index is 1.23. The second kappa shape index (κ2) is 7.31. The minimum absolute atomic E-state index is 0.129. The summed E-state index contributed by atoms with van der Waals surface area (Å²) in [6.07, 6.45) is 4.60. The zero-order valence-corrected chi connectivity index (χ0v) is 22.0. The lowest BCUT2D eigenvalue weighted by Gasteiger charge is -2.38. The van der Waals surface area contributed by atoms with Crippen molar-refractivity contribution < 1.29 is 9.47 Å². The van der Waals surface area contributed by atoms with E-state index < -0.39 is 0 Å². The maximum absolute atomic E-state index is 6.77. The van der Waals surface area contributed by atoms with Gasteiger partial charge in [-0.15, -0.1) is 0 Å². The third kappa shape index (κ3) is 2.76. The number of hydrogen-bond donors (Lipinski definition) is 0. The van der Waals surface area contributed by atoms with Crippen LogP contribution < -0.4 is 30.8 Å². The number of hydrogen-bond acceptors (Lipinski definition) is 4. The fourth-order valence-corrected chi connectivity index (χ4v) is 8.04. The Kier molecular flexibility index (Phi) is 3.90. The Labute approximate surface area is 231 Å². The molecule has 0 unspecified atom stereocenters. The molecule has 5 heteroatoms. The van der Waals surface area contributed by atoms with E-state index in [9.17, 15) is 0 Å². The van der Waals surface area contributed by atoms with Gasteiger partial charge in [-0.2, -0.15) is 0 Å². The Bertz CT molecular complexity index is 1800. The van der Waals surface area contributed by atoms with Crippen LogP contribution in [0.1, 0.15) is 22.3 Å². The lowest BCUT2D eigenvalue weighted by atomic mass is 9.34. The molecule has 0 saturated carbocycles. The molecular formula is C34H22BNO2S. The number of fused-ring (bicyclic) bond motifs is 8. The topological polar surface area (TPSA) is 21.7 Å². The lowest BCUT2D eigenvalue weighted by Crippen LogP contribution is -2.58. The molecule has 0 spiro atoms. The van der Waals surface area contributed by atoms with Crippen molar-refractivity contribution in [3.63, 3.8) is 0 Å². The van der Waals surface area contributed by atoms with Crippen LogP contribution in [0, 0.1) is 0 Å². The molecule has 39 heavy (non-hydrogen) atoms. The van der Waals surface area contributed by atoms with Crippen LogP contribution in [0.15, 0.2) is 94.7 Å². The summed E-state index contributed by atoms with van der Waals surface area (Å²) in [5.74, 6) is 3.81. The van der Waals surface area contributed by atoms with Gasteiger partial charge in [0.25, 0.3) is 6.71 Å². The smallest absolute Gasteiger partial charge is 0.260 e. The van der Waals surface area contributed by atoms with Crippen LogP contribution in [-0.2, 0) is 25.7 Å². The van der Waals surface area contributed by atoms with E-state index in [-0.39, 0.29) is 6.71 Å². The van der Waals surface area contributed by atoms with Gasteiger partial charge in [0, 0.05) is 27.4 Å². The van der Waals surface area contributed by atoms with Crippen molar-refractivity contribution in [2.24, 2.45) is 0 Å². The zero-order chi connectivity index (χ0) is 25.2. The molecule has 3 aliphatic heterocycles. The van der Waals surface area contributed by atoms with Crippen molar-refractivity contribution in [3.05, 3.63) is 107 Å². The Morgan fingerprint density at radius 3 is 1.56 bits per heavy atom. The highest BCUT2D eigenvalue weighted by atomic mass is 32.2. The van der Waals surface area contributed by atoms with E-state index in [0.717, 1.165) is 59.8 Å². The van der Waals surface area contributed by atoms with Crippen molar-refractivity contribution in [1.29, 1.82) is 0 Å². The van der Waals surface area contributed by atoms with Gasteiger partial charge >= 0.3 is 0 Å². The lowest BCUT2D eigenvalue weighted by molar-refractivity contribution is 0.463. The van der Waals surface area contributed by atoms with Crippen LogP contribution in [-0.4, -0.2) is 6.71 Å². The first-order chi connectivity index (χ1) is 19.3. The molecule has 3 nitrogen and oxygen atoms in total. The number of aryl methyl sites for hydroxylation is 4. The van der Waals surface area contributed by atoms with Crippen LogP contribution >= 0.6 is 11.8 Å². The Hall–Kier alpha value is -4.09. The minimum Gasteiger partial charge on any atom is -0.458 e. The first-order valence-corrected chi connectivity index (χ1v) is 14.6. The number of ether oxygens (including phenoxy) is 2. The molecule has 5 aromatic rings. The van der Waals surface area contributed by atoms with Gasteiger partial charge in [0.05, 0.1) is 17.1 Å². The zero-order valence-electron chi connectivity index (χ0n) is 21.2. The summed E-state index contributed by atoms with van der Waals surface area (Å²) in [5, 5.41) is 0. The summed E-state index contributed by atoms with van der Waals surface area (Å²) in [4.78, 5) is 4.85. The highest BCUT2D eigenvalue weighted by Crippen LogP contribution is 2.52.